The maximum absolute atomic E-state index is 2.72. The zero-order chi connectivity index (χ0) is 94.5. The van der Waals surface area contributed by atoms with Crippen LogP contribution in [0.4, 0.5) is 51.2 Å². The van der Waals surface area contributed by atoms with Crippen molar-refractivity contribution in [1.29, 1.82) is 0 Å². The number of benzene rings is 13. The van der Waals surface area contributed by atoms with Crippen LogP contribution in [0.1, 0.15) is 369 Å². The Kier molecular flexibility index (Phi) is 37.0. The molecule has 3 heteroatoms. The Morgan fingerprint density at radius 3 is 0.770 bits per heavy atom. The molecule has 1 aliphatic carbocycles. The maximum Gasteiger partial charge on any atom is 0.0743 e. The van der Waals surface area contributed by atoms with Gasteiger partial charge < -0.3 is 14.7 Å². The molecule has 13 aromatic rings. The summed E-state index contributed by atoms with van der Waals surface area (Å²) in [6.45, 7) is 31.9. The molecule has 0 radical (unpaired) electrons. The Morgan fingerprint density at radius 2 is 0.481 bits per heavy atom. The molecule has 706 valence electrons. The lowest BCUT2D eigenvalue weighted by atomic mass is 9.59. The van der Waals surface area contributed by atoms with Crippen LogP contribution in [0.3, 0.4) is 0 Å². The van der Waals surface area contributed by atoms with E-state index in [4.69, 9.17) is 0 Å². The molecule has 135 heavy (non-hydrogen) atoms. The molecule has 3 nitrogen and oxygen atoms in total. The number of aryl methyl sites for hydroxylation is 16. The largest absolute Gasteiger partial charge is 0.310 e. The fourth-order valence-electron chi connectivity index (χ4n) is 21.7. The first-order valence-electron chi connectivity index (χ1n) is 53.8. The van der Waals surface area contributed by atoms with Crippen LogP contribution in [0.25, 0.3) is 0 Å². The van der Waals surface area contributed by atoms with E-state index in [1.54, 1.807) is 11.1 Å². The molecule has 0 saturated carbocycles. The second-order valence-corrected chi connectivity index (χ2v) is 40.5. The maximum atomic E-state index is 2.72. The van der Waals surface area contributed by atoms with E-state index < -0.39 is 10.8 Å². The molecule has 0 unspecified atom stereocenters. The van der Waals surface area contributed by atoms with E-state index in [1.165, 1.54) is 379 Å². The molecule has 0 aromatic heterocycles. The van der Waals surface area contributed by atoms with Crippen molar-refractivity contribution in [2.75, 3.05) is 14.7 Å². The number of nitrogens with zero attached hydrogens (tertiary/aromatic N) is 3. The lowest BCUT2D eigenvalue weighted by Gasteiger charge is -2.51. The molecule has 13 aromatic carbocycles. The molecule has 0 atom stereocenters. The highest BCUT2D eigenvalue weighted by Gasteiger charge is 2.52. The van der Waals surface area contributed by atoms with Gasteiger partial charge in [0.25, 0.3) is 0 Å². The van der Waals surface area contributed by atoms with Gasteiger partial charge in [0.15, 0.2) is 0 Å². The summed E-state index contributed by atoms with van der Waals surface area (Å²) in [7, 11) is 0. The molecule has 0 bridgehead atoms. The van der Waals surface area contributed by atoms with Crippen molar-refractivity contribution in [3.63, 3.8) is 0 Å². The summed E-state index contributed by atoms with van der Waals surface area (Å²) in [5.74, 6) is 0. The van der Waals surface area contributed by atoms with Gasteiger partial charge in [0.05, 0.1) is 33.6 Å². The zero-order valence-corrected chi connectivity index (χ0v) is 85.7. The standard InChI is InChI=1S/C90H108N2.C22H21N.C20H34/c1-9-15-21-25-31-71-37-49-75(50-38-71)89(76-51-39-72(40-52-76)32-26-22-16-10-2)81-63-67(7)35-61-85(81)91(79-57-45-69(46-58-79)29-19-13-5)87-66-84-88(65-83(87)89)92(80-59-47-70(48-60-80)30-20-14-6)86-62-36-68(8)64-82(86)90(84,77-53-41-73(42-54-77)33-27-23-17-11-3)78-55-43-74(44-56-78)34-28-24-18-12-4;1-16-3-10-20(11-4-16)23(21-12-5-17(2)6-13-21)22-14-9-18-7-8-19(18)15-22;1-5-7-9-11-13-19-15-18(4)20(16-17(19)3)14-12-10-8-6-2/h35-66H,9-34H2,1-8H3;3-6,9-15H,7-8H2,1-2H3;15-16H,5-14H2,1-4H3. The van der Waals surface area contributed by atoms with Crippen molar-refractivity contribution in [2.45, 2.75) is 352 Å². The van der Waals surface area contributed by atoms with Crippen LogP contribution >= 0.6 is 0 Å². The number of rotatable bonds is 45. The van der Waals surface area contributed by atoms with Crippen molar-refractivity contribution in [2.24, 2.45) is 0 Å². The first kappa shape index (κ1) is 100. The third kappa shape index (κ3) is 24.3. The molecule has 0 saturated heterocycles. The highest BCUT2D eigenvalue weighted by Crippen LogP contribution is 2.65. The van der Waals surface area contributed by atoms with Gasteiger partial charge >= 0.3 is 0 Å². The Labute approximate surface area is 818 Å². The third-order valence-electron chi connectivity index (χ3n) is 29.9. The Balaban J connectivity index is 0.000000274. The van der Waals surface area contributed by atoms with Crippen LogP contribution in [-0.4, -0.2) is 0 Å². The molecule has 2 aliphatic heterocycles. The predicted octanol–water partition coefficient (Wildman–Crippen LogP) is 38.2. The van der Waals surface area contributed by atoms with Crippen molar-refractivity contribution >= 4 is 51.2 Å². The molecule has 3 aliphatic rings. The normalized spacial score (nSPS) is 13.0. The number of fused-ring (bicyclic) bond motifs is 5. The molecule has 0 fully saturated rings. The van der Waals surface area contributed by atoms with Gasteiger partial charge in [-0.25, -0.2) is 0 Å². The molecule has 2 heterocycles. The molecular weight excluding hydrogens is 1630 g/mol. The van der Waals surface area contributed by atoms with Crippen LogP contribution < -0.4 is 14.7 Å². The average molecular weight is 1790 g/mol. The van der Waals surface area contributed by atoms with E-state index in [0.717, 1.165) is 38.5 Å². The second-order valence-electron chi connectivity index (χ2n) is 40.5. The van der Waals surface area contributed by atoms with Gasteiger partial charge in [-0.15, -0.1) is 0 Å². The SMILES string of the molecule is CCCCCCc1cc(C)c(CCCCCC)cc1C.CCCCCCc1ccc(C2(c3ccc(CCCCCC)cc3)c3cc(C)ccc3N(c3ccc(CCCC)cc3)c3cc4c(cc32)N(c2ccc(CCCC)cc2)c2ccc(C)cc2C4(c2ccc(CCCCCC)cc2)c2ccc(CCCCCC)cc2)cc1.Cc1ccc(N(c2ccc(C)cc2)c2ccc3c(c2)CC3)cc1. The molecule has 0 N–H and O–H groups in total. The fourth-order valence-corrected chi connectivity index (χ4v) is 21.7. The minimum Gasteiger partial charge on any atom is -0.310 e. The average Bonchev–Trinajstić information content (AvgIpc) is 0.670. The summed E-state index contributed by atoms with van der Waals surface area (Å²) in [5, 5.41) is 0. The Hall–Kier alpha value is -10.7. The van der Waals surface area contributed by atoms with E-state index in [2.05, 4.69) is 385 Å². The van der Waals surface area contributed by atoms with Gasteiger partial charge in [0.2, 0.25) is 0 Å². The second kappa shape index (κ2) is 49.8. The fraction of sp³-hybridized carbons (Fsp3) is 0.409. The van der Waals surface area contributed by atoms with E-state index in [-0.39, 0.29) is 0 Å². The number of unbranched alkanes of at least 4 members (excludes halogenated alkanes) is 20. The van der Waals surface area contributed by atoms with Gasteiger partial charge in [-0.3, -0.25) is 0 Å². The van der Waals surface area contributed by atoms with Gasteiger partial charge in [0.1, 0.15) is 0 Å². The van der Waals surface area contributed by atoms with Crippen molar-refractivity contribution < 1.29 is 0 Å². The summed E-state index contributed by atoms with van der Waals surface area (Å²) in [6, 6.07) is 109. The Morgan fingerprint density at radius 1 is 0.215 bits per heavy atom. The third-order valence-corrected chi connectivity index (χ3v) is 29.9. The lowest BCUT2D eigenvalue weighted by Crippen LogP contribution is -2.41. The summed E-state index contributed by atoms with van der Waals surface area (Å²) in [6.07, 6.45) is 47.1. The summed E-state index contributed by atoms with van der Waals surface area (Å²) in [4.78, 5) is 7.70. The molecular formula is C132H163N3. The van der Waals surface area contributed by atoms with Crippen molar-refractivity contribution in [1.82, 2.24) is 0 Å². The van der Waals surface area contributed by atoms with Crippen molar-refractivity contribution in [3.05, 3.63) is 407 Å². The first-order chi connectivity index (χ1) is 66.1. The first-order valence-corrected chi connectivity index (χ1v) is 53.8. The van der Waals surface area contributed by atoms with E-state index in [9.17, 15) is 0 Å². The van der Waals surface area contributed by atoms with Crippen LogP contribution in [0, 0.1) is 41.5 Å². The lowest BCUT2D eigenvalue weighted by molar-refractivity contribution is 0.661. The highest BCUT2D eigenvalue weighted by atomic mass is 15.2. The summed E-state index contributed by atoms with van der Waals surface area (Å²) < 4.78 is 0. The van der Waals surface area contributed by atoms with E-state index in [0.29, 0.717) is 0 Å². The highest BCUT2D eigenvalue weighted by molar-refractivity contribution is 5.97. The van der Waals surface area contributed by atoms with Crippen LogP contribution in [0.15, 0.2) is 273 Å². The molecule has 16 rings (SSSR count). The van der Waals surface area contributed by atoms with Crippen LogP contribution in [0.2, 0.25) is 0 Å². The van der Waals surface area contributed by atoms with Crippen LogP contribution in [0.5, 0.6) is 0 Å². The van der Waals surface area contributed by atoms with E-state index in [1.807, 2.05) is 0 Å². The van der Waals surface area contributed by atoms with Gasteiger partial charge in [-0.1, -0.05) is 394 Å². The number of hydrogen-bond acceptors (Lipinski definition) is 3. The van der Waals surface area contributed by atoms with Crippen LogP contribution in [-0.2, 0) is 75.0 Å². The Bertz CT molecular complexity index is 5380. The monoisotopic (exact) mass is 1790 g/mol. The van der Waals surface area contributed by atoms with E-state index >= 15 is 0 Å². The number of anilines is 9. The topological polar surface area (TPSA) is 9.72 Å². The van der Waals surface area contributed by atoms with Gasteiger partial charge in [-0.2, -0.15) is 0 Å². The summed E-state index contributed by atoms with van der Waals surface area (Å²) >= 11 is 0. The molecule has 0 amide bonds. The van der Waals surface area contributed by atoms with Gasteiger partial charge in [0, 0.05) is 28.4 Å². The van der Waals surface area contributed by atoms with Gasteiger partial charge in [-0.05, 0) is 353 Å². The number of hydrogen-bond donors (Lipinski definition) is 0. The predicted molar refractivity (Wildman–Crippen MR) is 587 cm³/mol. The summed E-state index contributed by atoms with van der Waals surface area (Å²) in [5.41, 5.74) is 42.7. The van der Waals surface area contributed by atoms with Crippen molar-refractivity contribution in [3.8, 4) is 0 Å². The minimum absolute atomic E-state index is 0.727. The molecule has 0 spiro atoms. The smallest absolute Gasteiger partial charge is 0.0743 e. The minimum atomic E-state index is -0.727. The quantitative estimate of drug-likeness (QED) is 0.0352. The zero-order valence-electron chi connectivity index (χ0n) is 85.7.